The Bertz CT molecular complexity index is 189. The maximum absolute atomic E-state index is 11.9. The molecule has 0 spiro atoms. The fourth-order valence-corrected chi connectivity index (χ4v) is 2.24. The van der Waals surface area contributed by atoms with Crippen molar-refractivity contribution in [3.05, 3.63) is 0 Å². The lowest BCUT2D eigenvalue weighted by molar-refractivity contribution is -0.125. The minimum atomic E-state index is 0.149. The Kier molecular flexibility index (Phi) is 4.59. The lowest BCUT2D eigenvalue weighted by Gasteiger charge is -2.15. The van der Waals surface area contributed by atoms with Crippen LogP contribution in [0.1, 0.15) is 46.5 Å². The van der Waals surface area contributed by atoms with Crippen molar-refractivity contribution in [1.82, 2.24) is 0 Å². The first-order chi connectivity index (χ1) is 6.65. The molecule has 0 radical (unpaired) electrons. The van der Waals surface area contributed by atoms with E-state index in [2.05, 4.69) is 13.8 Å². The van der Waals surface area contributed by atoms with Crippen LogP contribution in [-0.4, -0.2) is 18.5 Å². The molecule has 3 unspecified atom stereocenters. The number of hydrogen-bond acceptors (Lipinski definition) is 2. The predicted molar refractivity (Wildman–Crippen MR) is 57.2 cm³/mol. The van der Waals surface area contributed by atoms with Crippen LogP contribution in [-0.2, 0) is 9.53 Å². The first-order valence-electron chi connectivity index (χ1n) is 5.79. The van der Waals surface area contributed by atoms with Crippen molar-refractivity contribution in [2.24, 2.45) is 11.8 Å². The summed E-state index contributed by atoms with van der Waals surface area (Å²) in [4.78, 5) is 11.9. The molecule has 0 saturated carbocycles. The Morgan fingerprint density at radius 2 is 2.29 bits per heavy atom. The van der Waals surface area contributed by atoms with E-state index in [4.69, 9.17) is 4.74 Å². The topological polar surface area (TPSA) is 26.3 Å². The second-order valence-corrected chi connectivity index (χ2v) is 4.54. The van der Waals surface area contributed by atoms with Gasteiger partial charge < -0.3 is 4.74 Å². The minimum Gasteiger partial charge on any atom is -0.378 e. The highest BCUT2D eigenvalue weighted by atomic mass is 16.5. The van der Waals surface area contributed by atoms with Gasteiger partial charge in [-0.15, -0.1) is 0 Å². The molecule has 0 aromatic heterocycles. The quantitative estimate of drug-likeness (QED) is 0.679. The third-order valence-corrected chi connectivity index (χ3v) is 3.12. The van der Waals surface area contributed by atoms with E-state index in [1.165, 1.54) is 6.42 Å². The fraction of sp³-hybridized carbons (Fsp3) is 0.917. The van der Waals surface area contributed by atoms with Crippen LogP contribution in [0, 0.1) is 11.8 Å². The molecule has 2 nitrogen and oxygen atoms in total. The smallest absolute Gasteiger partial charge is 0.138 e. The summed E-state index contributed by atoms with van der Waals surface area (Å²) in [6.07, 6.45) is 4.15. The Morgan fingerprint density at radius 3 is 2.79 bits per heavy atom. The highest BCUT2D eigenvalue weighted by Crippen LogP contribution is 2.24. The van der Waals surface area contributed by atoms with E-state index in [0.717, 1.165) is 25.9 Å². The molecular weight excluding hydrogens is 176 g/mol. The lowest BCUT2D eigenvalue weighted by Crippen LogP contribution is -2.23. The molecule has 1 saturated heterocycles. The SMILES string of the molecule is CCCC(C)CC(=O)C1CCOC1C. The molecule has 0 aromatic rings. The Labute approximate surface area is 87.0 Å². The van der Waals surface area contributed by atoms with Gasteiger partial charge in [0.2, 0.25) is 0 Å². The van der Waals surface area contributed by atoms with Crippen LogP contribution in [0.4, 0.5) is 0 Å². The summed E-state index contributed by atoms with van der Waals surface area (Å²) < 4.78 is 5.41. The number of rotatable bonds is 5. The van der Waals surface area contributed by atoms with Crippen molar-refractivity contribution in [1.29, 1.82) is 0 Å². The largest absolute Gasteiger partial charge is 0.378 e. The maximum Gasteiger partial charge on any atom is 0.138 e. The number of ether oxygens (including phenoxy) is 1. The van der Waals surface area contributed by atoms with E-state index in [-0.39, 0.29) is 12.0 Å². The molecular formula is C12H22O2. The van der Waals surface area contributed by atoms with Crippen LogP contribution in [0.5, 0.6) is 0 Å². The molecule has 14 heavy (non-hydrogen) atoms. The van der Waals surface area contributed by atoms with Gasteiger partial charge in [-0.25, -0.2) is 0 Å². The minimum absolute atomic E-state index is 0.149. The standard InChI is InChI=1S/C12H22O2/c1-4-5-9(2)8-12(13)11-6-7-14-10(11)3/h9-11H,4-8H2,1-3H3. The van der Waals surface area contributed by atoms with Crippen molar-refractivity contribution in [3.8, 4) is 0 Å². The van der Waals surface area contributed by atoms with Crippen molar-refractivity contribution in [2.45, 2.75) is 52.6 Å². The lowest BCUT2D eigenvalue weighted by atomic mass is 9.89. The number of carbonyl (C=O) groups excluding carboxylic acids is 1. The van der Waals surface area contributed by atoms with Crippen molar-refractivity contribution in [2.75, 3.05) is 6.61 Å². The van der Waals surface area contributed by atoms with E-state index >= 15 is 0 Å². The van der Waals surface area contributed by atoms with Gasteiger partial charge in [0.15, 0.2) is 0 Å². The molecule has 0 amide bonds. The predicted octanol–water partition coefficient (Wildman–Crippen LogP) is 2.81. The molecule has 2 heteroatoms. The van der Waals surface area contributed by atoms with Gasteiger partial charge in [0, 0.05) is 18.9 Å². The summed E-state index contributed by atoms with van der Waals surface area (Å²) in [5.41, 5.74) is 0. The number of Topliss-reactive ketones (excluding diaryl/α,β-unsaturated/α-hetero) is 1. The van der Waals surface area contributed by atoms with Gasteiger partial charge in [-0.3, -0.25) is 4.79 Å². The molecule has 0 aromatic carbocycles. The number of carbonyl (C=O) groups is 1. The molecule has 1 aliphatic rings. The summed E-state index contributed by atoms with van der Waals surface area (Å²) in [5.74, 6) is 1.13. The molecule has 0 bridgehead atoms. The van der Waals surface area contributed by atoms with Gasteiger partial charge in [-0.2, -0.15) is 0 Å². The van der Waals surface area contributed by atoms with Gasteiger partial charge in [0.25, 0.3) is 0 Å². The zero-order valence-electron chi connectivity index (χ0n) is 9.58. The third kappa shape index (κ3) is 3.09. The van der Waals surface area contributed by atoms with Gasteiger partial charge in [0.05, 0.1) is 6.10 Å². The Balaban J connectivity index is 2.33. The van der Waals surface area contributed by atoms with E-state index in [9.17, 15) is 4.79 Å². The van der Waals surface area contributed by atoms with Crippen LogP contribution in [0.15, 0.2) is 0 Å². The van der Waals surface area contributed by atoms with E-state index < -0.39 is 0 Å². The number of hydrogen-bond donors (Lipinski definition) is 0. The van der Waals surface area contributed by atoms with Crippen LogP contribution in [0.25, 0.3) is 0 Å². The third-order valence-electron chi connectivity index (χ3n) is 3.12. The van der Waals surface area contributed by atoms with E-state index in [1.54, 1.807) is 0 Å². The van der Waals surface area contributed by atoms with E-state index in [0.29, 0.717) is 11.7 Å². The highest BCUT2D eigenvalue weighted by molar-refractivity contribution is 5.81. The first kappa shape index (κ1) is 11.7. The molecule has 0 N–H and O–H groups in total. The Morgan fingerprint density at radius 1 is 1.57 bits per heavy atom. The molecule has 1 aliphatic heterocycles. The second-order valence-electron chi connectivity index (χ2n) is 4.54. The average Bonchev–Trinajstić information content (AvgIpc) is 2.51. The van der Waals surface area contributed by atoms with Crippen LogP contribution in [0.3, 0.4) is 0 Å². The Hall–Kier alpha value is -0.370. The van der Waals surface area contributed by atoms with Gasteiger partial charge >= 0.3 is 0 Å². The normalized spacial score (nSPS) is 29.1. The van der Waals surface area contributed by atoms with Crippen molar-refractivity contribution >= 4 is 5.78 Å². The molecule has 3 atom stereocenters. The van der Waals surface area contributed by atoms with Crippen LogP contribution >= 0.6 is 0 Å². The summed E-state index contributed by atoms with van der Waals surface area (Å²) in [6.45, 7) is 7.12. The van der Waals surface area contributed by atoms with Crippen LogP contribution < -0.4 is 0 Å². The first-order valence-corrected chi connectivity index (χ1v) is 5.79. The average molecular weight is 198 g/mol. The fourth-order valence-electron chi connectivity index (χ4n) is 2.24. The zero-order chi connectivity index (χ0) is 10.6. The zero-order valence-corrected chi connectivity index (χ0v) is 9.58. The maximum atomic E-state index is 11.9. The van der Waals surface area contributed by atoms with Crippen molar-refractivity contribution < 1.29 is 9.53 Å². The summed E-state index contributed by atoms with van der Waals surface area (Å²) in [5, 5.41) is 0. The number of ketones is 1. The van der Waals surface area contributed by atoms with Gasteiger partial charge in [0.1, 0.15) is 5.78 Å². The molecule has 1 rings (SSSR count). The monoisotopic (exact) mass is 198 g/mol. The molecule has 82 valence electrons. The summed E-state index contributed by atoms with van der Waals surface area (Å²) in [6, 6.07) is 0. The van der Waals surface area contributed by atoms with Gasteiger partial charge in [-0.1, -0.05) is 26.7 Å². The molecule has 0 aliphatic carbocycles. The summed E-state index contributed by atoms with van der Waals surface area (Å²) in [7, 11) is 0. The second kappa shape index (κ2) is 5.50. The van der Waals surface area contributed by atoms with E-state index in [1.807, 2.05) is 6.92 Å². The molecule has 1 fully saturated rings. The van der Waals surface area contributed by atoms with Crippen LogP contribution in [0.2, 0.25) is 0 Å². The molecule has 1 heterocycles. The van der Waals surface area contributed by atoms with Gasteiger partial charge in [-0.05, 0) is 19.3 Å². The van der Waals surface area contributed by atoms with Crippen molar-refractivity contribution in [3.63, 3.8) is 0 Å². The summed E-state index contributed by atoms with van der Waals surface area (Å²) >= 11 is 0. The highest BCUT2D eigenvalue weighted by Gasteiger charge is 2.30.